The molecule has 3 nitrogen and oxygen atoms in total. The van der Waals surface area contributed by atoms with Crippen LogP contribution in [-0.4, -0.2) is 9.78 Å². The second-order valence-electron chi connectivity index (χ2n) is 6.66. The first-order chi connectivity index (χ1) is 13.9. The minimum Gasteiger partial charge on any atom is -0.364 e. The van der Waals surface area contributed by atoms with E-state index in [2.05, 4.69) is 10.4 Å². The number of nitrogens with one attached hydrogen (secondary N) is 1. The zero-order valence-electron chi connectivity index (χ0n) is 15.2. The van der Waals surface area contributed by atoms with E-state index in [0.29, 0.717) is 23.9 Å². The molecule has 0 aliphatic carbocycles. The molecule has 1 N–H and O–H groups in total. The maximum Gasteiger partial charge on any atom is 0.416 e. The average molecular weight is 416 g/mol. The van der Waals surface area contributed by atoms with Gasteiger partial charge in [-0.2, -0.15) is 18.3 Å². The van der Waals surface area contributed by atoms with Gasteiger partial charge in [0.25, 0.3) is 0 Å². The Bertz CT molecular complexity index is 1130. The zero-order valence-corrected chi connectivity index (χ0v) is 16.0. The third-order valence-electron chi connectivity index (χ3n) is 4.68. The lowest BCUT2D eigenvalue weighted by Crippen LogP contribution is -2.06. The van der Waals surface area contributed by atoms with Gasteiger partial charge in [-0.1, -0.05) is 54.1 Å². The number of alkyl halides is 3. The van der Waals surface area contributed by atoms with Crippen LogP contribution in [-0.2, 0) is 19.3 Å². The zero-order chi connectivity index (χ0) is 20.4. The van der Waals surface area contributed by atoms with Crippen molar-refractivity contribution < 1.29 is 13.2 Å². The molecule has 0 aliphatic rings. The number of rotatable bonds is 5. The summed E-state index contributed by atoms with van der Waals surface area (Å²) in [7, 11) is 0. The van der Waals surface area contributed by atoms with Gasteiger partial charge in [-0.25, -0.2) is 0 Å². The molecule has 148 valence electrons. The van der Waals surface area contributed by atoms with E-state index >= 15 is 0 Å². The summed E-state index contributed by atoms with van der Waals surface area (Å²) in [4.78, 5) is 0. The fraction of sp³-hybridized carbons (Fsp3) is 0.136. The van der Waals surface area contributed by atoms with Crippen molar-refractivity contribution in [3.8, 4) is 0 Å². The van der Waals surface area contributed by atoms with Gasteiger partial charge in [0.15, 0.2) is 5.82 Å². The average Bonchev–Trinajstić information content (AvgIpc) is 3.05. The van der Waals surface area contributed by atoms with Crippen molar-refractivity contribution >= 4 is 28.3 Å². The Morgan fingerprint density at radius 3 is 2.31 bits per heavy atom. The maximum absolute atomic E-state index is 12.8. The second-order valence-corrected chi connectivity index (χ2v) is 7.07. The molecule has 0 atom stereocenters. The Balaban J connectivity index is 1.60. The molecule has 3 aromatic carbocycles. The molecular formula is C22H17ClF3N3. The first-order valence-electron chi connectivity index (χ1n) is 9.01. The van der Waals surface area contributed by atoms with Crippen LogP contribution in [0.3, 0.4) is 0 Å². The summed E-state index contributed by atoms with van der Waals surface area (Å²) in [6, 6.07) is 20.5. The molecule has 4 aromatic rings. The minimum absolute atomic E-state index is 0.367. The normalized spacial score (nSPS) is 11.7. The lowest BCUT2D eigenvalue weighted by Gasteiger charge is -2.08. The Labute approximate surface area is 170 Å². The third kappa shape index (κ3) is 4.22. The predicted molar refractivity (Wildman–Crippen MR) is 109 cm³/mol. The lowest BCUT2D eigenvalue weighted by molar-refractivity contribution is -0.137. The van der Waals surface area contributed by atoms with Crippen molar-refractivity contribution in [3.63, 3.8) is 0 Å². The maximum atomic E-state index is 12.8. The first kappa shape index (κ1) is 19.3. The number of fused-ring (bicyclic) bond motifs is 1. The number of halogens is 4. The van der Waals surface area contributed by atoms with Gasteiger partial charge in [0, 0.05) is 17.0 Å². The molecular weight excluding hydrogens is 399 g/mol. The van der Waals surface area contributed by atoms with Gasteiger partial charge in [-0.15, -0.1) is 0 Å². The van der Waals surface area contributed by atoms with Crippen molar-refractivity contribution in [1.29, 1.82) is 0 Å². The number of para-hydroxylation sites is 1. The quantitative estimate of drug-likeness (QED) is 0.410. The van der Waals surface area contributed by atoms with Crippen LogP contribution in [0.1, 0.15) is 16.7 Å². The molecule has 0 aliphatic heterocycles. The smallest absolute Gasteiger partial charge is 0.364 e. The van der Waals surface area contributed by atoms with Crippen LogP contribution in [0.2, 0.25) is 5.02 Å². The molecule has 4 rings (SSSR count). The summed E-state index contributed by atoms with van der Waals surface area (Å²) in [6.07, 6.45) is -4.34. The number of hydrogen-bond donors (Lipinski definition) is 1. The molecule has 0 radical (unpaired) electrons. The van der Waals surface area contributed by atoms with E-state index in [0.717, 1.165) is 34.2 Å². The van der Waals surface area contributed by atoms with Gasteiger partial charge in [-0.05, 0) is 41.5 Å². The van der Waals surface area contributed by atoms with Crippen LogP contribution in [0.4, 0.5) is 19.0 Å². The minimum atomic E-state index is -4.34. The highest BCUT2D eigenvalue weighted by Crippen LogP contribution is 2.30. The van der Waals surface area contributed by atoms with Crippen LogP contribution in [0.5, 0.6) is 0 Å². The molecule has 0 fully saturated rings. The second kappa shape index (κ2) is 7.79. The monoisotopic (exact) mass is 415 g/mol. The van der Waals surface area contributed by atoms with Gasteiger partial charge < -0.3 is 5.32 Å². The Morgan fingerprint density at radius 1 is 0.897 bits per heavy atom. The molecule has 0 amide bonds. The molecule has 1 aromatic heterocycles. The lowest BCUT2D eigenvalue weighted by atomic mass is 10.1. The van der Waals surface area contributed by atoms with Crippen LogP contribution in [0.25, 0.3) is 10.9 Å². The largest absolute Gasteiger partial charge is 0.416 e. The molecule has 1 heterocycles. The highest BCUT2D eigenvalue weighted by atomic mass is 35.5. The van der Waals surface area contributed by atoms with Crippen molar-refractivity contribution in [2.45, 2.75) is 19.3 Å². The molecule has 0 unspecified atom stereocenters. The summed E-state index contributed by atoms with van der Waals surface area (Å²) in [6.45, 7) is 0.882. The van der Waals surface area contributed by atoms with Crippen molar-refractivity contribution in [2.24, 2.45) is 0 Å². The number of aromatic nitrogens is 2. The van der Waals surface area contributed by atoms with Crippen molar-refractivity contribution in [2.75, 3.05) is 5.32 Å². The van der Waals surface area contributed by atoms with Gasteiger partial charge in [0.2, 0.25) is 0 Å². The number of anilines is 1. The van der Waals surface area contributed by atoms with E-state index in [1.54, 1.807) is 4.68 Å². The molecule has 0 saturated heterocycles. The Kier molecular flexibility index (Phi) is 5.20. The summed E-state index contributed by atoms with van der Waals surface area (Å²) >= 11 is 6.22. The highest BCUT2D eigenvalue weighted by Gasteiger charge is 2.29. The molecule has 7 heteroatoms. The van der Waals surface area contributed by atoms with E-state index in [1.807, 2.05) is 48.5 Å². The fourth-order valence-electron chi connectivity index (χ4n) is 3.17. The SMILES string of the molecule is FC(F)(F)c1ccc(Cn2nc(NCc3ccccc3Cl)c3ccccc32)cc1. The summed E-state index contributed by atoms with van der Waals surface area (Å²) in [5.74, 6) is 0.701. The topological polar surface area (TPSA) is 29.9 Å². The van der Waals surface area contributed by atoms with Gasteiger partial charge in [0.05, 0.1) is 17.6 Å². The molecule has 29 heavy (non-hydrogen) atoms. The van der Waals surface area contributed by atoms with E-state index in [9.17, 15) is 13.2 Å². The van der Waals surface area contributed by atoms with Crippen LogP contribution in [0.15, 0.2) is 72.8 Å². The summed E-state index contributed by atoms with van der Waals surface area (Å²) < 4.78 is 40.1. The highest BCUT2D eigenvalue weighted by molar-refractivity contribution is 6.31. The van der Waals surface area contributed by atoms with E-state index in [-0.39, 0.29) is 0 Å². The fourth-order valence-corrected chi connectivity index (χ4v) is 3.37. The summed E-state index contributed by atoms with van der Waals surface area (Å²) in [5.41, 5.74) is 1.93. The van der Waals surface area contributed by atoms with Crippen LogP contribution in [0, 0.1) is 0 Å². The van der Waals surface area contributed by atoms with E-state index < -0.39 is 11.7 Å². The molecule has 0 spiro atoms. The molecule has 0 bridgehead atoms. The number of benzene rings is 3. The first-order valence-corrected chi connectivity index (χ1v) is 9.38. The number of hydrogen-bond acceptors (Lipinski definition) is 2. The van der Waals surface area contributed by atoms with Gasteiger partial charge >= 0.3 is 6.18 Å². The van der Waals surface area contributed by atoms with Gasteiger partial charge in [0.1, 0.15) is 0 Å². The number of nitrogens with zero attached hydrogens (tertiary/aromatic N) is 2. The standard InChI is InChI=1S/C22H17ClF3N3/c23-19-7-3-1-5-16(19)13-27-21-18-6-2-4-8-20(18)29(28-21)14-15-9-11-17(12-10-15)22(24,25)26/h1-12H,13-14H2,(H,27,28). The van der Waals surface area contributed by atoms with Crippen molar-refractivity contribution in [3.05, 3.63) is 94.5 Å². The van der Waals surface area contributed by atoms with Crippen molar-refractivity contribution in [1.82, 2.24) is 9.78 Å². The van der Waals surface area contributed by atoms with E-state index in [1.165, 1.54) is 12.1 Å². The van der Waals surface area contributed by atoms with Gasteiger partial charge in [-0.3, -0.25) is 4.68 Å². The predicted octanol–water partition coefficient (Wildman–Crippen LogP) is 6.37. The summed E-state index contributed by atoms with van der Waals surface area (Å²) in [5, 5.41) is 9.57. The molecule has 0 saturated carbocycles. The van der Waals surface area contributed by atoms with Crippen LogP contribution < -0.4 is 5.32 Å². The van der Waals surface area contributed by atoms with E-state index in [4.69, 9.17) is 11.6 Å². The third-order valence-corrected chi connectivity index (χ3v) is 5.04. The Morgan fingerprint density at radius 2 is 1.59 bits per heavy atom. The van der Waals surface area contributed by atoms with Crippen LogP contribution >= 0.6 is 11.6 Å². The Hall–Kier alpha value is -2.99.